The molecule has 0 atom stereocenters. The summed E-state index contributed by atoms with van der Waals surface area (Å²) in [6, 6.07) is 2.38. The Balaban J connectivity index is 2.78. The number of aliphatic hydroxyl groups excluding tert-OH is 1. The van der Waals surface area contributed by atoms with Crippen LogP contribution in [0.4, 0.5) is 13.2 Å². The predicted molar refractivity (Wildman–Crippen MR) is 78.2 cm³/mol. The molecule has 0 aliphatic heterocycles. The third-order valence-electron chi connectivity index (χ3n) is 2.81. The van der Waals surface area contributed by atoms with Gasteiger partial charge in [0.1, 0.15) is 23.7 Å². The van der Waals surface area contributed by atoms with Gasteiger partial charge in [-0.05, 0) is 12.1 Å². The van der Waals surface area contributed by atoms with Crippen LogP contribution in [0, 0.1) is 17.5 Å². The van der Waals surface area contributed by atoms with Gasteiger partial charge in [-0.15, -0.1) is 0 Å². The van der Waals surface area contributed by atoms with Crippen molar-refractivity contribution < 1.29 is 30.9 Å². The fourth-order valence-electron chi connectivity index (χ4n) is 1.88. The minimum absolute atomic E-state index is 0.365. The monoisotopic (exact) mass is 360 g/mol. The van der Waals surface area contributed by atoms with Gasteiger partial charge in [0.05, 0.1) is 19.1 Å². The molecule has 10 heteroatoms. The van der Waals surface area contributed by atoms with Crippen molar-refractivity contribution in [2.24, 2.45) is 0 Å². The van der Waals surface area contributed by atoms with Crippen LogP contribution in [0.5, 0.6) is 0 Å². The highest BCUT2D eigenvalue weighted by Gasteiger charge is 2.23. The maximum Gasteiger partial charge on any atom is 0.306 e. The minimum Gasteiger partial charge on any atom is -0.392 e. The quantitative estimate of drug-likeness (QED) is 0.645. The zero-order valence-corrected chi connectivity index (χ0v) is 13.0. The van der Waals surface area contributed by atoms with E-state index in [1.165, 1.54) is 0 Å². The maximum absolute atomic E-state index is 14.0. The number of hydrogen-bond acceptors (Lipinski definition) is 6. The van der Waals surface area contributed by atoms with E-state index in [9.17, 15) is 26.7 Å². The second kappa shape index (κ2) is 6.97. The van der Waals surface area contributed by atoms with Crippen LogP contribution in [-0.4, -0.2) is 36.4 Å². The molecule has 6 nitrogen and oxygen atoms in total. The highest BCUT2D eigenvalue weighted by atomic mass is 32.2. The van der Waals surface area contributed by atoms with Gasteiger partial charge in [0, 0.05) is 17.2 Å². The van der Waals surface area contributed by atoms with Crippen LogP contribution >= 0.6 is 0 Å². The molecule has 24 heavy (non-hydrogen) atoms. The first kappa shape index (κ1) is 17.9. The van der Waals surface area contributed by atoms with Crippen LogP contribution < -0.4 is 0 Å². The highest BCUT2D eigenvalue weighted by molar-refractivity contribution is 7.86. The van der Waals surface area contributed by atoms with Crippen LogP contribution in [0.1, 0.15) is 11.3 Å². The molecule has 0 aliphatic carbocycles. The van der Waals surface area contributed by atoms with Crippen molar-refractivity contribution in [1.29, 1.82) is 0 Å². The number of nitrogens with zero attached hydrogens (tertiary/aromatic N) is 2. The number of hydrogen-bond donors (Lipinski definition) is 1. The largest absolute Gasteiger partial charge is 0.392 e. The lowest BCUT2D eigenvalue weighted by atomic mass is 10.0. The molecule has 0 saturated carbocycles. The summed E-state index contributed by atoms with van der Waals surface area (Å²) in [5, 5.41) is 9.53. The molecule has 0 saturated heterocycles. The average molecular weight is 360 g/mol. The number of halogens is 3. The van der Waals surface area contributed by atoms with Crippen molar-refractivity contribution in [3.63, 3.8) is 0 Å². The minimum atomic E-state index is -4.16. The van der Waals surface area contributed by atoms with Crippen molar-refractivity contribution in [3.05, 3.63) is 59.4 Å². The van der Waals surface area contributed by atoms with Crippen molar-refractivity contribution in [1.82, 2.24) is 9.97 Å². The Labute approximate surface area is 135 Å². The molecule has 1 N–H and O–H groups in total. The molecule has 0 fully saturated rings. The number of rotatable bonds is 5. The first-order chi connectivity index (χ1) is 11.2. The highest BCUT2D eigenvalue weighted by Crippen LogP contribution is 2.30. The molecule has 0 radical (unpaired) electrons. The molecular formula is C14H11F3N2O4S. The molecule has 0 bridgehead atoms. The zero-order chi connectivity index (χ0) is 17.9. The molecular weight excluding hydrogens is 349 g/mol. The van der Waals surface area contributed by atoms with E-state index in [1.807, 2.05) is 0 Å². The van der Waals surface area contributed by atoms with E-state index in [4.69, 9.17) is 4.18 Å². The maximum atomic E-state index is 14.0. The standard InChI is InChI=1S/C14H11F3N2O4S/c1-24(21,22)23-14(13-12(17)5-18-7-19-13)10(6-20)9-3-2-8(15)4-11(9)16/h2-5,7,20H,6H2,1H3/b14-10-. The summed E-state index contributed by atoms with van der Waals surface area (Å²) in [4.78, 5) is 6.97. The second-order valence-electron chi connectivity index (χ2n) is 4.60. The van der Waals surface area contributed by atoms with E-state index in [2.05, 4.69) is 9.97 Å². The van der Waals surface area contributed by atoms with Crippen molar-refractivity contribution in [2.45, 2.75) is 0 Å². The molecule has 0 amide bonds. The Morgan fingerprint density at radius 3 is 2.50 bits per heavy atom. The Morgan fingerprint density at radius 1 is 1.25 bits per heavy atom. The lowest BCUT2D eigenvalue weighted by molar-refractivity contribution is 0.347. The number of aromatic nitrogens is 2. The van der Waals surface area contributed by atoms with Gasteiger partial charge in [-0.1, -0.05) is 0 Å². The topological polar surface area (TPSA) is 89.4 Å². The van der Waals surface area contributed by atoms with Gasteiger partial charge in [0.15, 0.2) is 11.6 Å². The summed E-state index contributed by atoms with van der Waals surface area (Å²) in [6.45, 7) is -0.920. The van der Waals surface area contributed by atoms with Gasteiger partial charge in [0.25, 0.3) is 0 Å². The van der Waals surface area contributed by atoms with Gasteiger partial charge in [-0.2, -0.15) is 8.42 Å². The third-order valence-corrected chi connectivity index (χ3v) is 3.28. The molecule has 1 heterocycles. The second-order valence-corrected chi connectivity index (χ2v) is 6.17. The first-order valence-electron chi connectivity index (χ1n) is 6.37. The van der Waals surface area contributed by atoms with Gasteiger partial charge >= 0.3 is 10.1 Å². The van der Waals surface area contributed by atoms with E-state index < -0.39 is 51.2 Å². The molecule has 1 aromatic heterocycles. The normalized spacial score (nSPS) is 12.7. The van der Waals surface area contributed by atoms with Gasteiger partial charge in [-0.3, -0.25) is 0 Å². The van der Waals surface area contributed by atoms with Gasteiger partial charge in [-0.25, -0.2) is 23.1 Å². The van der Waals surface area contributed by atoms with Crippen LogP contribution in [0.15, 0.2) is 30.7 Å². The van der Waals surface area contributed by atoms with Crippen molar-refractivity contribution in [2.75, 3.05) is 12.9 Å². The Kier molecular flexibility index (Phi) is 5.20. The first-order valence-corrected chi connectivity index (χ1v) is 8.19. The molecule has 1 aromatic carbocycles. The third kappa shape index (κ3) is 4.09. The lowest BCUT2D eigenvalue weighted by Gasteiger charge is -2.14. The van der Waals surface area contributed by atoms with Gasteiger partial charge < -0.3 is 9.29 Å². The summed E-state index contributed by atoms with van der Waals surface area (Å²) in [6.07, 6.45) is 2.34. The predicted octanol–water partition coefficient (Wildman–Crippen LogP) is 1.73. The molecule has 0 spiro atoms. The average Bonchev–Trinajstić information content (AvgIpc) is 2.48. The van der Waals surface area contributed by atoms with Crippen LogP contribution in [0.25, 0.3) is 11.3 Å². The van der Waals surface area contributed by atoms with Crippen LogP contribution in [0.2, 0.25) is 0 Å². The smallest absolute Gasteiger partial charge is 0.306 e. The van der Waals surface area contributed by atoms with E-state index in [0.717, 1.165) is 24.7 Å². The molecule has 0 aliphatic rings. The van der Waals surface area contributed by atoms with Crippen LogP contribution in [-0.2, 0) is 14.3 Å². The zero-order valence-electron chi connectivity index (χ0n) is 12.2. The SMILES string of the molecule is CS(=O)(=O)O/C(=C(/CO)c1ccc(F)cc1F)c1ncncc1F. The molecule has 128 valence electrons. The van der Waals surface area contributed by atoms with Gasteiger partial charge in [0.2, 0.25) is 0 Å². The molecule has 2 aromatic rings. The number of benzene rings is 1. The van der Waals surface area contributed by atoms with E-state index in [-0.39, 0.29) is 5.56 Å². The molecule has 2 rings (SSSR count). The van der Waals surface area contributed by atoms with E-state index in [1.54, 1.807) is 0 Å². The summed E-state index contributed by atoms with van der Waals surface area (Å²) in [7, 11) is -4.16. The van der Waals surface area contributed by atoms with Crippen molar-refractivity contribution in [3.8, 4) is 0 Å². The Morgan fingerprint density at radius 2 is 1.96 bits per heavy atom. The van der Waals surface area contributed by atoms with Crippen molar-refractivity contribution >= 4 is 21.5 Å². The number of aliphatic hydroxyl groups is 1. The Bertz CT molecular complexity index is 901. The fraction of sp³-hybridized carbons (Fsp3) is 0.143. The van der Waals surface area contributed by atoms with E-state index >= 15 is 0 Å². The van der Waals surface area contributed by atoms with E-state index in [0.29, 0.717) is 12.3 Å². The summed E-state index contributed by atoms with van der Waals surface area (Å²) < 4.78 is 68.6. The lowest BCUT2D eigenvalue weighted by Crippen LogP contribution is -2.10. The Hall–Kier alpha value is -2.46. The van der Waals surface area contributed by atoms with Crippen LogP contribution in [0.3, 0.4) is 0 Å². The summed E-state index contributed by atoms with van der Waals surface area (Å²) >= 11 is 0. The summed E-state index contributed by atoms with van der Waals surface area (Å²) in [5.74, 6) is -3.74. The fourth-order valence-corrected chi connectivity index (χ4v) is 2.36. The summed E-state index contributed by atoms with van der Waals surface area (Å²) in [5.41, 5.74) is -1.38. The molecule has 0 unspecified atom stereocenters.